The van der Waals surface area contributed by atoms with E-state index < -0.39 is 0 Å². The summed E-state index contributed by atoms with van der Waals surface area (Å²) in [6.07, 6.45) is 1.89. The van der Waals surface area contributed by atoms with E-state index in [4.69, 9.17) is 0 Å². The van der Waals surface area contributed by atoms with Crippen molar-refractivity contribution in [3.63, 3.8) is 0 Å². The fourth-order valence-corrected chi connectivity index (χ4v) is 5.03. The maximum atomic E-state index is 3.94. The van der Waals surface area contributed by atoms with Crippen molar-refractivity contribution in [2.45, 2.75) is 0 Å². The van der Waals surface area contributed by atoms with Gasteiger partial charge < -0.3 is 5.32 Å². The lowest BCUT2D eigenvalue weighted by Crippen LogP contribution is -1.94. The Kier molecular flexibility index (Phi) is 6.88. The molecule has 0 atom stereocenters. The van der Waals surface area contributed by atoms with Gasteiger partial charge in [-0.1, -0.05) is 128 Å². The average molecular weight is 500 g/mol. The molecule has 0 spiro atoms. The van der Waals surface area contributed by atoms with Gasteiger partial charge in [0.25, 0.3) is 0 Å². The van der Waals surface area contributed by atoms with Crippen molar-refractivity contribution in [3.8, 4) is 44.5 Å². The first-order chi connectivity index (χ1) is 19.3. The summed E-state index contributed by atoms with van der Waals surface area (Å²) < 4.78 is 0. The number of benzene rings is 6. The molecule has 1 N–H and O–H groups in total. The highest BCUT2D eigenvalue weighted by Crippen LogP contribution is 2.43. The molecule has 1 heteroatoms. The molecule has 0 fully saturated rings. The molecule has 39 heavy (non-hydrogen) atoms. The summed E-state index contributed by atoms with van der Waals surface area (Å²) in [6, 6.07) is 53.7. The summed E-state index contributed by atoms with van der Waals surface area (Å²) in [5.41, 5.74) is 12.8. The normalized spacial score (nSPS) is 10.7. The monoisotopic (exact) mass is 499 g/mol. The summed E-state index contributed by atoms with van der Waals surface area (Å²) in [5.74, 6) is 0. The van der Waals surface area contributed by atoms with Crippen LogP contribution >= 0.6 is 0 Å². The minimum Gasteiger partial charge on any atom is -0.356 e. The van der Waals surface area contributed by atoms with Crippen LogP contribution in [0.25, 0.3) is 50.6 Å². The second-order valence-corrected chi connectivity index (χ2v) is 9.57. The molecule has 0 aliphatic heterocycles. The lowest BCUT2D eigenvalue weighted by molar-refractivity contribution is 1.52. The minimum atomic E-state index is 1.06. The van der Waals surface area contributed by atoms with Crippen molar-refractivity contribution in [2.75, 3.05) is 5.32 Å². The van der Waals surface area contributed by atoms with Crippen molar-refractivity contribution in [1.82, 2.24) is 0 Å². The van der Waals surface area contributed by atoms with Crippen molar-refractivity contribution < 1.29 is 0 Å². The van der Waals surface area contributed by atoms with E-state index in [-0.39, 0.29) is 0 Å². The molecule has 0 aliphatic carbocycles. The zero-order valence-corrected chi connectivity index (χ0v) is 21.7. The number of anilines is 2. The van der Waals surface area contributed by atoms with Crippen LogP contribution in [0.2, 0.25) is 0 Å². The van der Waals surface area contributed by atoms with E-state index >= 15 is 0 Å². The van der Waals surface area contributed by atoms with Gasteiger partial charge in [-0.05, 0) is 86.5 Å². The van der Waals surface area contributed by atoms with Gasteiger partial charge in [0, 0.05) is 11.4 Å². The minimum absolute atomic E-state index is 1.06. The Balaban J connectivity index is 1.56. The highest BCUT2D eigenvalue weighted by Gasteiger charge is 2.17. The number of nitrogens with one attached hydrogen (secondary N) is 1. The van der Waals surface area contributed by atoms with Crippen LogP contribution in [-0.4, -0.2) is 0 Å². The van der Waals surface area contributed by atoms with Crippen LogP contribution in [0.15, 0.2) is 158 Å². The molecule has 0 aliphatic rings. The number of hydrogen-bond acceptors (Lipinski definition) is 1. The predicted molar refractivity (Wildman–Crippen MR) is 168 cm³/mol. The molecule has 0 unspecified atom stereocenters. The van der Waals surface area contributed by atoms with Gasteiger partial charge in [-0.25, -0.2) is 0 Å². The van der Waals surface area contributed by atoms with Crippen molar-refractivity contribution in [2.24, 2.45) is 0 Å². The summed E-state index contributed by atoms with van der Waals surface area (Å²) >= 11 is 0. The van der Waals surface area contributed by atoms with E-state index in [1.54, 1.807) is 0 Å². The molecular weight excluding hydrogens is 470 g/mol. The Morgan fingerprint density at radius 2 is 0.872 bits per heavy atom. The molecule has 0 heterocycles. The Morgan fingerprint density at radius 3 is 1.44 bits per heavy atom. The summed E-state index contributed by atoms with van der Waals surface area (Å²) in [5, 5.41) is 3.51. The fraction of sp³-hybridized carbons (Fsp3) is 0. The Hall–Kier alpha value is -5.14. The van der Waals surface area contributed by atoms with Gasteiger partial charge >= 0.3 is 0 Å². The lowest BCUT2D eigenvalue weighted by Gasteiger charge is -2.19. The first-order valence-electron chi connectivity index (χ1n) is 13.2. The lowest BCUT2D eigenvalue weighted by atomic mass is 9.84. The fourth-order valence-electron chi connectivity index (χ4n) is 5.03. The quantitative estimate of drug-likeness (QED) is 0.230. The topological polar surface area (TPSA) is 12.0 Å². The SMILES string of the molecule is C=Cc1ccc(-c2cc(-c3ccccc3)cc(-c3ccccc3)c2-c2ccc(Nc3ccccc3)cc2)cc1. The zero-order chi connectivity index (χ0) is 26.4. The maximum absolute atomic E-state index is 3.94. The van der Waals surface area contributed by atoms with Crippen molar-refractivity contribution >= 4 is 17.5 Å². The second-order valence-electron chi connectivity index (χ2n) is 9.57. The molecule has 0 bridgehead atoms. The molecule has 0 radical (unpaired) electrons. The zero-order valence-electron chi connectivity index (χ0n) is 21.7. The summed E-state index contributed by atoms with van der Waals surface area (Å²) in [6.45, 7) is 3.94. The Labute approximate surface area is 230 Å². The molecule has 6 aromatic rings. The van der Waals surface area contributed by atoms with Gasteiger partial charge in [0.15, 0.2) is 0 Å². The van der Waals surface area contributed by atoms with Crippen LogP contribution in [0.5, 0.6) is 0 Å². The third kappa shape index (κ3) is 5.30. The van der Waals surface area contributed by atoms with E-state index in [1.807, 2.05) is 24.3 Å². The number of para-hydroxylation sites is 1. The van der Waals surface area contributed by atoms with Gasteiger partial charge in [0.05, 0.1) is 0 Å². The van der Waals surface area contributed by atoms with Crippen LogP contribution in [0, 0.1) is 0 Å². The van der Waals surface area contributed by atoms with E-state index in [0.29, 0.717) is 0 Å². The van der Waals surface area contributed by atoms with Crippen LogP contribution in [-0.2, 0) is 0 Å². The van der Waals surface area contributed by atoms with Gasteiger partial charge in [-0.2, -0.15) is 0 Å². The highest BCUT2D eigenvalue weighted by molar-refractivity contribution is 5.98. The van der Waals surface area contributed by atoms with E-state index in [2.05, 4.69) is 145 Å². The molecule has 6 rings (SSSR count). The van der Waals surface area contributed by atoms with Crippen LogP contribution in [0.3, 0.4) is 0 Å². The van der Waals surface area contributed by atoms with Gasteiger partial charge in [-0.3, -0.25) is 0 Å². The molecular formula is C38H29N. The first kappa shape index (κ1) is 24.2. The molecule has 186 valence electrons. The number of rotatable bonds is 7. The molecule has 6 aromatic carbocycles. The molecule has 0 amide bonds. The number of hydrogen-bond donors (Lipinski definition) is 1. The van der Waals surface area contributed by atoms with E-state index in [9.17, 15) is 0 Å². The highest BCUT2D eigenvalue weighted by atomic mass is 14.9. The van der Waals surface area contributed by atoms with Gasteiger partial charge in [0.2, 0.25) is 0 Å². The van der Waals surface area contributed by atoms with Crippen LogP contribution < -0.4 is 5.32 Å². The predicted octanol–water partition coefficient (Wildman–Crippen LogP) is 10.7. The molecule has 0 saturated carbocycles. The maximum Gasteiger partial charge on any atom is 0.0384 e. The smallest absolute Gasteiger partial charge is 0.0384 e. The Bertz CT molecular complexity index is 1680. The summed E-state index contributed by atoms with van der Waals surface area (Å²) in [7, 11) is 0. The summed E-state index contributed by atoms with van der Waals surface area (Å²) in [4.78, 5) is 0. The van der Waals surface area contributed by atoms with E-state index in [0.717, 1.165) is 16.9 Å². The largest absolute Gasteiger partial charge is 0.356 e. The van der Waals surface area contributed by atoms with Gasteiger partial charge in [-0.15, -0.1) is 0 Å². The first-order valence-corrected chi connectivity index (χ1v) is 13.2. The standard InChI is InChI=1S/C38H29N/c1-2-28-18-20-31(21-19-28)37-27-33(29-12-6-3-7-13-29)26-36(30-14-8-4-9-15-30)38(37)32-22-24-35(25-23-32)39-34-16-10-5-11-17-34/h2-27,39H,1H2. The molecule has 1 nitrogen and oxygen atoms in total. The Morgan fingerprint density at radius 1 is 0.410 bits per heavy atom. The van der Waals surface area contributed by atoms with Crippen LogP contribution in [0.4, 0.5) is 11.4 Å². The average Bonchev–Trinajstić information content (AvgIpc) is 3.02. The second kappa shape index (κ2) is 11.1. The third-order valence-corrected chi connectivity index (χ3v) is 7.02. The molecule has 0 saturated heterocycles. The van der Waals surface area contributed by atoms with Gasteiger partial charge in [0.1, 0.15) is 0 Å². The van der Waals surface area contributed by atoms with Crippen LogP contribution in [0.1, 0.15) is 5.56 Å². The molecule has 0 aromatic heterocycles. The van der Waals surface area contributed by atoms with Crippen molar-refractivity contribution in [1.29, 1.82) is 0 Å². The third-order valence-electron chi connectivity index (χ3n) is 7.02. The van der Waals surface area contributed by atoms with E-state index in [1.165, 1.54) is 44.5 Å². The van der Waals surface area contributed by atoms with Crippen molar-refractivity contribution in [3.05, 3.63) is 164 Å².